The van der Waals surface area contributed by atoms with Gasteiger partial charge in [-0.05, 0) is 11.8 Å². The first-order chi connectivity index (χ1) is 7.66. The highest BCUT2D eigenvalue weighted by Crippen LogP contribution is 2.22. The first kappa shape index (κ1) is 14.7. The van der Waals surface area contributed by atoms with E-state index in [0.29, 0.717) is 24.9 Å². The zero-order chi connectivity index (χ0) is 11.5. The minimum atomic E-state index is 0. The van der Waals surface area contributed by atoms with Crippen LogP contribution < -0.4 is 5.32 Å². The van der Waals surface area contributed by atoms with Crippen LogP contribution >= 0.6 is 12.4 Å². The van der Waals surface area contributed by atoms with E-state index in [9.17, 15) is 4.79 Å². The van der Waals surface area contributed by atoms with E-state index in [1.165, 1.54) is 0 Å². The molecule has 0 aromatic carbocycles. The molecule has 5 heteroatoms. The number of amides is 1. The van der Waals surface area contributed by atoms with Crippen LogP contribution in [0.5, 0.6) is 0 Å². The van der Waals surface area contributed by atoms with E-state index >= 15 is 0 Å². The third-order valence-electron chi connectivity index (χ3n) is 3.76. The summed E-state index contributed by atoms with van der Waals surface area (Å²) in [6, 6.07) is 0.215. The second-order valence-electron chi connectivity index (χ2n) is 5.18. The Morgan fingerprint density at radius 2 is 2.00 bits per heavy atom. The third kappa shape index (κ3) is 3.83. The monoisotopic (exact) mass is 262 g/mol. The number of nitrogens with one attached hydrogen (secondary N) is 1. The molecular formula is C12H23ClN2O2. The minimum absolute atomic E-state index is 0. The van der Waals surface area contributed by atoms with E-state index in [2.05, 4.69) is 19.2 Å². The number of ether oxygens (including phenoxy) is 1. The maximum Gasteiger partial charge on any atom is 0.224 e. The van der Waals surface area contributed by atoms with Crippen LogP contribution in [-0.2, 0) is 9.53 Å². The van der Waals surface area contributed by atoms with Gasteiger partial charge in [0.25, 0.3) is 0 Å². The number of morpholine rings is 1. The Labute approximate surface area is 109 Å². The summed E-state index contributed by atoms with van der Waals surface area (Å²) in [4.78, 5) is 14.0. The molecule has 17 heavy (non-hydrogen) atoms. The van der Waals surface area contributed by atoms with E-state index in [0.717, 1.165) is 26.2 Å². The number of hydrogen-bond donors (Lipinski definition) is 1. The fraction of sp³-hybridized carbons (Fsp3) is 0.917. The van der Waals surface area contributed by atoms with Crippen molar-refractivity contribution in [2.45, 2.75) is 26.3 Å². The molecule has 3 atom stereocenters. The van der Waals surface area contributed by atoms with Crippen molar-refractivity contribution in [3.05, 3.63) is 0 Å². The molecule has 0 aliphatic carbocycles. The molecule has 4 nitrogen and oxygen atoms in total. The van der Waals surface area contributed by atoms with Crippen LogP contribution in [0.25, 0.3) is 0 Å². The van der Waals surface area contributed by atoms with Gasteiger partial charge in [-0.3, -0.25) is 4.79 Å². The van der Waals surface area contributed by atoms with Gasteiger partial charge in [0.05, 0.1) is 13.2 Å². The number of carbonyl (C=O) groups is 1. The van der Waals surface area contributed by atoms with Gasteiger partial charge in [0, 0.05) is 32.1 Å². The molecule has 2 aliphatic rings. The number of likely N-dealkylation sites (tertiary alicyclic amines) is 1. The molecule has 3 unspecified atom stereocenters. The third-order valence-corrected chi connectivity index (χ3v) is 3.76. The van der Waals surface area contributed by atoms with Gasteiger partial charge in [-0.15, -0.1) is 12.4 Å². The van der Waals surface area contributed by atoms with Crippen molar-refractivity contribution in [2.24, 2.45) is 11.8 Å². The summed E-state index contributed by atoms with van der Waals surface area (Å²) in [6.45, 7) is 8.60. The molecule has 2 aliphatic heterocycles. The summed E-state index contributed by atoms with van der Waals surface area (Å²) >= 11 is 0. The maximum atomic E-state index is 12.0. The highest BCUT2D eigenvalue weighted by molar-refractivity contribution is 5.85. The quantitative estimate of drug-likeness (QED) is 0.804. The molecule has 0 aromatic rings. The van der Waals surface area contributed by atoms with Gasteiger partial charge >= 0.3 is 0 Å². The fourth-order valence-corrected chi connectivity index (χ4v) is 2.42. The Morgan fingerprint density at radius 1 is 1.35 bits per heavy atom. The molecule has 0 aromatic heterocycles. The maximum absolute atomic E-state index is 12.0. The number of hydrogen-bond acceptors (Lipinski definition) is 3. The summed E-state index contributed by atoms with van der Waals surface area (Å²) in [5, 5.41) is 3.32. The smallest absolute Gasteiger partial charge is 0.224 e. The molecule has 2 heterocycles. The van der Waals surface area contributed by atoms with Crippen LogP contribution in [0.4, 0.5) is 0 Å². The summed E-state index contributed by atoms with van der Waals surface area (Å²) in [6.07, 6.45) is 0.583. The van der Waals surface area contributed by atoms with Gasteiger partial charge in [-0.1, -0.05) is 13.8 Å². The molecular weight excluding hydrogens is 240 g/mol. The van der Waals surface area contributed by atoms with Crippen molar-refractivity contribution in [3.8, 4) is 0 Å². The standard InChI is InChI=1S/C12H22N2O2.ClH/c1-9-6-14(7-10(9)2)12(15)5-11-8-16-4-3-13-11;/h9-11,13H,3-8H2,1-2H3;1H. The van der Waals surface area contributed by atoms with Crippen molar-refractivity contribution in [1.82, 2.24) is 10.2 Å². The lowest BCUT2D eigenvalue weighted by molar-refractivity contribution is -0.131. The number of carbonyl (C=O) groups excluding carboxylic acids is 1. The molecule has 2 fully saturated rings. The summed E-state index contributed by atoms with van der Waals surface area (Å²) in [7, 11) is 0. The van der Waals surface area contributed by atoms with Crippen molar-refractivity contribution < 1.29 is 9.53 Å². The molecule has 0 saturated carbocycles. The van der Waals surface area contributed by atoms with Crippen LogP contribution in [0.15, 0.2) is 0 Å². The van der Waals surface area contributed by atoms with Crippen LogP contribution in [0.1, 0.15) is 20.3 Å². The first-order valence-electron chi connectivity index (χ1n) is 6.25. The van der Waals surface area contributed by atoms with Gasteiger partial charge < -0.3 is 15.0 Å². The zero-order valence-corrected chi connectivity index (χ0v) is 11.5. The lowest BCUT2D eigenvalue weighted by Gasteiger charge is -2.25. The Hall–Kier alpha value is -0.320. The van der Waals surface area contributed by atoms with Crippen LogP contribution in [0.3, 0.4) is 0 Å². The highest BCUT2D eigenvalue weighted by atomic mass is 35.5. The van der Waals surface area contributed by atoms with Crippen molar-refractivity contribution >= 4 is 18.3 Å². The molecule has 0 bridgehead atoms. The topological polar surface area (TPSA) is 41.6 Å². The molecule has 2 rings (SSSR count). The second-order valence-corrected chi connectivity index (χ2v) is 5.18. The van der Waals surface area contributed by atoms with Crippen LogP contribution in [0, 0.1) is 11.8 Å². The lowest BCUT2D eigenvalue weighted by atomic mass is 10.0. The Morgan fingerprint density at radius 3 is 2.53 bits per heavy atom. The molecule has 0 radical (unpaired) electrons. The molecule has 1 N–H and O–H groups in total. The Bertz CT molecular complexity index is 247. The lowest BCUT2D eigenvalue weighted by Crippen LogP contribution is -2.44. The normalized spacial score (nSPS) is 33.3. The van der Waals surface area contributed by atoms with Gasteiger partial charge in [-0.25, -0.2) is 0 Å². The molecule has 2 saturated heterocycles. The first-order valence-corrected chi connectivity index (χ1v) is 6.25. The second kappa shape index (κ2) is 6.57. The van der Waals surface area contributed by atoms with Crippen molar-refractivity contribution in [1.29, 1.82) is 0 Å². The number of halogens is 1. The highest BCUT2D eigenvalue weighted by Gasteiger charge is 2.30. The SMILES string of the molecule is CC1CN(C(=O)CC2COCCN2)CC1C.Cl. The van der Waals surface area contributed by atoms with E-state index in [4.69, 9.17) is 4.74 Å². The van der Waals surface area contributed by atoms with Gasteiger partial charge in [0.15, 0.2) is 0 Å². The zero-order valence-electron chi connectivity index (χ0n) is 10.6. The molecule has 0 spiro atoms. The van der Waals surface area contributed by atoms with E-state index in [-0.39, 0.29) is 24.4 Å². The number of rotatable bonds is 2. The Balaban J connectivity index is 0.00000144. The van der Waals surface area contributed by atoms with E-state index in [1.807, 2.05) is 4.90 Å². The largest absolute Gasteiger partial charge is 0.378 e. The summed E-state index contributed by atoms with van der Waals surface area (Å²) in [5.74, 6) is 1.55. The molecule has 100 valence electrons. The minimum Gasteiger partial charge on any atom is -0.378 e. The van der Waals surface area contributed by atoms with Gasteiger partial charge in [0.1, 0.15) is 0 Å². The van der Waals surface area contributed by atoms with Gasteiger partial charge in [0.2, 0.25) is 5.91 Å². The van der Waals surface area contributed by atoms with Crippen LogP contribution in [0.2, 0.25) is 0 Å². The van der Waals surface area contributed by atoms with E-state index < -0.39 is 0 Å². The van der Waals surface area contributed by atoms with Gasteiger partial charge in [-0.2, -0.15) is 0 Å². The predicted molar refractivity (Wildman–Crippen MR) is 69.4 cm³/mol. The summed E-state index contributed by atoms with van der Waals surface area (Å²) in [5.41, 5.74) is 0. The average molecular weight is 263 g/mol. The van der Waals surface area contributed by atoms with E-state index in [1.54, 1.807) is 0 Å². The van der Waals surface area contributed by atoms with Crippen molar-refractivity contribution in [2.75, 3.05) is 32.8 Å². The molecule has 1 amide bonds. The van der Waals surface area contributed by atoms with Crippen molar-refractivity contribution in [3.63, 3.8) is 0 Å². The summed E-state index contributed by atoms with van der Waals surface area (Å²) < 4.78 is 5.35. The average Bonchev–Trinajstić information content (AvgIpc) is 2.61. The van der Waals surface area contributed by atoms with Crippen LogP contribution in [-0.4, -0.2) is 49.7 Å². The predicted octanol–water partition coefficient (Wildman–Crippen LogP) is 0.901. The number of nitrogens with zero attached hydrogens (tertiary/aromatic N) is 1. The Kier molecular flexibility index (Phi) is 5.70. The fourth-order valence-electron chi connectivity index (χ4n) is 2.42.